The number of nitrogens with two attached hydrogens (primary N) is 1. The Balaban J connectivity index is 1.84. The number of ether oxygens (including phenoxy) is 1. The number of halogens is 1. The van der Waals surface area contributed by atoms with Gasteiger partial charge in [-0.05, 0) is 47.0 Å². The van der Waals surface area contributed by atoms with Crippen molar-refractivity contribution < 1.29 is 13.9 Å². The lowest BCUT2D eigenvalue weighted by atomic mass is 10.0. The fourth-order valence-electron chi connectivity index (χ4n) is 2.34. The SMILES string of the molecule is NC(=O)c1[c]ccc(OCc2ccccc2-c2ccnc(F)c2)c1. The van der Waals surface area contributed by atoms with E-state index in [1.165, 1.54) is 18.3 Å². The summed E-state index contributed by atoms with van der Waals surface area (Å²) in [7, 11) is 0. The molecule has 0 spiro atoms. The molecule has 3 rings (SSSR count). The van der Waals surface area contributed by atoms with Crippen molar-refractivity contribution in [3.8, 4) is 16.9 Å². The highest BCUT2D eigenvalue weighted by molar-refractivity contribution is 5.92. The first kappa shape index (κ1) is 15.7. The van der Waals surface area contributed by atoms with E-state index in [9.17, 15) is 9.18 Å². The molecule has 0 fully saturated rings. The molecule has 119 valence electrons. The van der Waals surface area contributed by atoms with Crippen LogP contribution in [0.25, 0.3) is 11.1 Å². The molecule has 0 saturated carbocycles. The number of primary amides is 1. The number of rotatable bonds is 5. The monoisotopic (exact) mass is 321 g/mol. The topological polar surface area (TPSA) is 65.2 Å². The summed E-state index contributed by atoms with van der Waals surface area (Å²) in [6, 6.07) is 18.2. The fraction of sp³-hybridized carbons (Fsp3) is 0.0526. The van der Waals surface area contributed by atoms with Gasteiger partial charge >= 0.3 is 0 Å². The molecule has 24 heavy (non-hydrogen) atoms. The highest BCUT2D eigenvalue weighted by Crippen LogP contribution is 2.25. The standard InChI is InChI=1S/C19H14FN2O2/c20-18-11-13(8-9-22-18)17-7-2-1-4-15(17)12-24-16-6-3-5-14(10-16)19(21)23/h1-4,6-11H,12H2,(H2,21,23). The first-order valence-electron chi connectivity index (χ1n) is 7.27. The van der Waals surface area contributed by atoms with Crippen LogP contribution in [0.3, 0.4) is 0 Å². The van der Waals surface area contributed by atoms with Crippen LogP contribution >= 0.6 is 0 Å². The summed E-state index contributed by atoms with van der Waals surface area (Å²) in [5.74, 6) is -0.584. The second kappa shape index (κ2) is 6.91. The molecule has 0 aliphatic rings. The third kappa shape index (κ3) is 3.57. The number of hydrogen-bond acceptors (Lipinski definition) is 3. The maximum Gasteiger partial charge on any atom is 0.249 e. The van der Waals surface area contributed by atoms with Crippen LogP contribution in [-0.2, 0) is 6.61 Å². The molecule has 0 unspecified atom stereocenters. The fourth-order valence-corrected chi connectivity index (χ4v) is 2.34. The van der Waals surface area contributed by atoms with Crippen molar-refractivity contribution in [1.82, 2.24) is 4.98 Å². The van der Waals surface area contributed by atoms with Gasteiger partial charge in [-0.15, -0.1) is 0 Å². The van der Waals surface area contributed by atoms with Crippen LogP contribution in [0, 0.1) is 12.0 Å². The molecule has 0 saturated heterocycles. The number of benzene rings is 2. The van der Waals surface area contributed by atoms with Crippen LogP contribution in [0.1, 0.15) is 15.9 Å². The summed E-state index contributed by atoms with van der Waals surface area (Å²) in [5, 5.41) is 0. The number of hydrogen-bond donors (Lipinski definition) is 1. The van der Waals surface area contributed by atoms with Gasteiger partial charge in [0.15, 0.2) is 0 Å². The lowest BCUT2D eigenvalue weighted by Crippen LogP contribution is -2.11. The van der Waals surface area contributed by atoms with Crippen molar-refractivity contribution in [2.24, 2.45) is 5.73 Å². The number of amides is 1. The summed E-state index contributed by atoms with van der Waals surface area (Å²) < 4.78 is 19.1. The van der Waals surface area contributed by atoms with Crippen molar-refractivity contribution >= 4 is 5.91 Å². The van der Waals surface area contributed by atoms with Gasteiger partial charge in [0.25, 0.3) is 0 Å². The second-order valence-electron chi connectivity index (χ2n) is 5.12. The van der Waals surface area contributed by atoms with E-state index in [0.29, 0.717) is 5.75 Å². The molecule has 3 aromatic rings. The Hall–Kier alpha value is -3.21. The molecular formula is C19H14FN2O2. The van der Waals surface area contributed by atoms with E-state index in [-0.39, 0.29) is 12.2 Å². The maximum absolute atomic E-state index is 13.4. The van der Waals surface area contributed by atoms with Crippen molar-refractivity contribution in [2.45, 2.75) is 6.61 Å². The normalized spacial score (nSPS) is 10.4. The number of nitrogens with zero attached hydrogens (tertiary/aromatic N) is 1. The Morgan fingerprint density at radius 1 is 1.21 bits per heavy atom. The Morgan fingerprint density at radius 3 is 2.83 bits per heavy atom. The van der Waals surface area contributed by atoms with Gasteiger partial charge in [0, 0.05) is 12.3 Å². The summed E-state index contributed by atoms with van der Waals surface area (Å²) in [4.78, 5) is 14.8. The van der Waals surface area contributed by atoms with Crippen LogP contribution < -0.4 is 10.5 Å². The molecule has 1 heterocycles. The zero-order chi connectivity index (χ0) is 16.9. The molecule has 0 aliphatic carbocycles. The minimum Gasteiger partial charge on any atom is -0.489 e. The van der Waals surface area contributed by atoms with Crippen molar-refractivity contribution in [2.75, 3.05) is 0 Å². The third-order valence-corrected chi connectivity index (χ3v) is 3.49. The third-order valence-electron chi connectivity index (χ3n) is 3.49. The number of aromatic nitrogens is 1. The predicted molar refractivity (Wildman–Crippen MR) is 87.8 cm³/mol. The molecular weight excluding hydrogens is 307 g/mol. The molecule has 2 N–H and O–H groups in total. The zero-order valence-corrected chi connectivity index (χ0v) is 12.7. The van der Waals surface area contributed by atoms with Crippen LogP contribution in [-0.4, -0.2) is 10.9 Å². The highest BCUT2D eigenvalue weighted by atomic mass is 19.1. The van der Waals surface area contributed by atoms with Crippen molar-refractivity contribution in [3.63, 3.8) is 0 Å². The molecule has 0 aliphatic heterocycles. The summed E-state index contributed by atoms with van der Waals surface area (Å²) in [6.07, 6.45) is 1.43. The van der Waals surface area contributed by atoms with E-state index in [2.05, 4.69) is 11.1 Å². The van der Waals surface area contributed by atoms with E-state index in [1.807, 2.05) is 24.3 Å². The highest BCUT2D eigenvalue weighted by Gasteiger charge is 2.08. The Bertz CT molecular complexity index is 881. The Morgan fingerprint density at radius 2 is 2.04 bits per heavy atom. The van der Waals surface area contributed by atoms with Crippen LogP contribution in [0.15, 0.2) is 60.8 Å². The molecule has 4 nitrogen and oxygen atoms in total. The molecule has 1 aromatic heterocycles. The molecule has 0 bridgehead atoms. The summed E-state index contributed by atoms with van der Waals surface area (Å²) >= 11 is 0. The first-order valence-corrected chi connectivity index (χ1v) is 7.27. The van der Waals surface area contributed by atoms with Gasteiger partial charge < -0.3 is 10.5 Å². The quantitative estimate of drug-likeness (QED) is 0.733. The van der Waals surface area contributed by atoms with E-state index < -0.39 is 11.9 Å². The average molecular weight is 321 g/mol. The van der Waals surface area contributed by atoms with Gasteiger partial charge in [0.05, 0.1) is 5.56 Å². The zero-order valence-electron chi connectivity index (χ0n) is 12.7. The van der Waals surface area contributed by atoms with Gasteiger partial charge in [0.2, 0.25) is 11.9 Å². The van der Waals surface area contributed by atoms with Crippen LogP contribution in [0.5, 0.6) is 5.75 Å². The smallest absolute Gasteiger partial charge is 0.249 e. The van der Waals surface area contributed by atoms with E-state index in [4.69, 9.17) is 10.5 Å². The Kier molecular flexibility index (Phi) is 4.52. The minimum absolute atomic E-state index is 0.261. The predicted octanol–water partition coefficient (Wildman–Crippen LogP) is 3.37. The van der Waals surface area contributed by atoms with E-state index in [0.717, 1.165) is 16.7 Å². The van der Waals surface area contributed by atoms with Gasteiger partial charge in [-0.1, -0.05) is 24.3 Å². The van der Waals surface area contributed by atoms with Crippen LogP contribution in [0.2, 0.25) is 0 Å². The van der Waals surface area contributed by atoms with Gasteiger partial charge in [-0.25, -0.2) is 4.98 Å². The lowest BCUT2D eigenvalue weighted by molar-refractivity contribution is 0.0999. The summed E-state index contributed by atoms with van der Waals surface area (Å²) in [6.45, 7) is 0.266. The summed E-state index contributed by atoms with van der Waals surface area (Å²) in [5.41, 5.74) is 7.96. The van der Waals surface area contributed by atoms with Crippen LogP contribution in [0.4, 0.5) is 4.39 Å². The van der Waals surface area contributed by atoms with E-state index >= 15 is 0 Å². The Labute approximate surface area is 138 Å². The molecule has 2 aromatic carbocycles. The number of pyridine rings is 1. The molecule has 5 heteroatoms. The van der Waals surface area contributed by atoms with Gasteiger partial charge in [0.1, 0.15) is 12.4 Å². The van der Waals surface area contributed by atoms with Gasteiger partial charge in [-0.2, -0.15) is 4.39 Å². The second-order valence-corrected chi connectivity index (χ2v) is 5.12. The largest absolute Gasteiger partial charge is 0.489 e. The first-order chi connectivity index (χ1) is 11.6. The minimum atomic E-state index is -0.562. The molecule has 1 radical (unpaired) electrons. The maximum atomic E-state index is 13.4. The van der Waals surface area contributed by atoms with E-state index in [1.54, 1.807) is 18.2 Å². The number of carbonyl (C=O) groups excluding carboxylic acids is 1. The lowest BCUT2D eigenvalue weighted by Gasteiger charge is -2.11. The molecule has 1 amide bonds. The molecule has 0 atom stereocenters. The van der Waals surface area contributed by atoms with Crippen molar-refractivity contribution in [1.29, 1.82) is 0 Å². The average Bonchev–Trinajstić information content (AvgIpc) is 2.60. The van der Waals surface area contributed by atoms with Gasteiger partial charge in [-0.3, -0.25) is 4.79 Å². The van der Waals surface area contributed by atoms with Crippen molar-refractivity contribution in [3.05, 3.63) is 83.9 Å². The number of carbonyl (C=O) groups is 1.